The lowest BCUT2D eigenvalue weighted by molar-refractivity contribution is -0.137. The van der Waals surface area contributed by atoms with E-state index in [2.05, 4.69) is 5.32 Å². The zero-order chi connectivity index (χ0) is 13.9. The van der Waals surface area contributed by atoms with Crippen molar-refractivity contribution >= 4 is 34.8 Å². The summed E-state index contributed by atoms with van der Waals surface area (Å²) in [5.41, 5.74) is -1.43. The summed E-state index contributed by atoms with van der Waals surface area (Å²) >= 11 is 11.0. The highest BCUT2D eigenvalue weighted by atomic mass is 35.5. The second kappa shape index (κ2) is 5.46. The fraction of sp³-hybridized carbons (Fsp3) is 0.200. The van der Waals surface area contributed by atoms with Crippen LogP contribution in [0.4, 0.5) is 18.9 Å². The molecule has 0 radical (unpaired) electrons. The molecule has 0 fully saturated rings. The maximum absolute atomic E-state index is 12.6. The van der Waals surface area contributed by atoms with Crippen molar-refractivity contribution in [2.45, 2.75) is 12.6 Å². The van der Waals surface area contributed by atoms with Gasteiger partial charge in [0.05, 0.1) is 22.3 Å². The van der Waals surface area contributed by atoms with Gasteiger partial charge in [-0.05, 0) is 12.1 Å². The quantitative estimate of drug-likeness (QED) is 0.901. The molecule has 0 aromatic heterocycles. The standard InChI is InChI=1S/C10H5Cl2F3N2O/c11-5-3-6(10(13,14)15)9(12)7(4-5)17-8(18)1-2-16/h3-4H,1H2,(H,17,18). The van der Waals surface area contributed by atoms with E-state index >= 15 is 0 Å². The topological polar surface area (TPSA) is 52.9 Å². The molecule has 18 heavy (non-hydrogen) atoms. The Morgan fingerprint density at radius 1 is 1.39 bits per heavy atom. The van der Waals surface area contributed by atoms with Gasteiger partial charge in [0.2, 0.25) is 5.91 Å². The van der Waals surface area contributed by atoms with Crippen molar-refractivity contribution < 1.29 is 18.0 Å². The Labute approximate surface area is 110 Å². The first kappa shape index (κ1) is 14.6. The van der Waals surface area contributed by atoms with Gasteiger partial charge in [0.25, 0.3) is 0 Å². The molecule has 1 N–H and O–H groups in total. The number of anilines is 1. The zero-order valence-corrected chi connectivity index (χ0v) is 10.1. The van der Waals surface area contributed by atoms with Crippen LogP contribution in [0, 0.1) is 11.3 Å². The van der Waals surface area contributed by atoms with Crippen molar-refractivity contribution in [1.29, 1.82) is 5.26 Å². The Morgan fingerprint density at radius 2 is 2.00 bits per heavy atom. The number of hydrogen-bond donors (Lipinski definition) is 1. The summed E-state index contributed by atoms with van der Waals surface area (Å²) in [6, 6.07) is 3.29. The maximum Gasteiger partial charge on any atom is 0.417 e. The minimum atomic E-state index is -4.68. The van der Waals surface area contributed by atoms with Crippen LogP contribution in [0.5, 0.6) is 0 Å². The number of amides is 1. The molecular formula is C10H5Cl2F3N2O. The fourth-order valence-corrected chi connectivity index (χ4v) is 1.63. The van der Waals surface area contributed by atoms with E-state index in [0.29, 0.717) is 6.07 Å². The summed E-state index contributed by atoms with van der Waals surface area (Å²) in [6.07, 6.45) is -5.18. The number of alkyl halides is 3. The first-order chi connectivity index (χ1) is 8.25. The third-order valence-electron chi connectivity index (χ3n) is 1.86. The van der Waals surface area contributed by atoms with Crippen LogP contribution in [0.25, 0.3) is 0 Å². The predicted molar refractivity (Wildman–Crippen MR) is 60.3 cm³/mol. The molecule has 1 aromatic carbocycles. The predicted octanol–water partition coefficient (Wildman–Crippen LogP) is 3.86. The van der Waals surface area contributed by atoms with Gasteiger partial charge in [-0.2, -0.15) is 18.4 Å². The van der Waals surface area contributed by atoms with E-state index in [4.69, 9.17) is 28.5 Å². The SMILES string of the molecule is N#CCC(=O)Nc1cc(Cl)cc(C(F)(F)F)c1Cl. The first-order valence-corrected chi connectivity index (χ1v) is 5.24. The van der Waals surface area contributed by atoms with Gasteiger partial charge in [-0.15, -0.1) is 0 Å². The van der Waals surface area contributed by atoms with Crippen molar-refractivity contribution in [2.75, 3.05) is 5.32 Å². The lowest BCUT2D eigenvalue weighted by atomic mass is 10.2. The van der Waals surface area contributed by atoms with Crippen LogP contribution in [0.2, 0.25) is 10.0 Å². The Morgan fingerprint density at radius 3 is 2.50 bits per heavy atom. The van der Waals surface area contributed by atoms with E-state index in [1.807, 2.05) is 0 Å². The van der Waals surface area contributed by atoms with Crippen molar-refractivity contribution in [3.8, 4) is 6.07 Å². The fourth-order valence-electron chi connectivity index (χ4n) is 1.15. The monoisotopic (exact) mass is 296 g/mol. The van der Waals surface area contributed by atoms with Gasteiger partial charge in [0.1, 0.15) is 6.42 Å². The van der Waals surface area contributed by atoms with Crippen LogP contribution in [-0.4, -0.2) is 5.91 Å². The Balaban J connectivity index is 3.18. The van der Waals surface area contributed by atoms with E-state index < -0.39 is 29.1 Å². The van der Waals surface area contributed by atoms with E-state index in [0.717, 1.165) is 6.07 Å². The Bertz CT molecular complexity index is 523. The highest BCUT2D eigenvalue weighted by molar-refractivity contribution is 6.36. The normalized spacial score (nSPS) is 10.9. The number of benzene rings is 1. The number of carbonyl (C=O) groups is 1. The molecule has 0 atom stereocenters. The lowest BCUT2D eigenvalue weighted by Gasteiger charge is -2.13. The molecule has 3 nitrogen and oxygen atoms in total. The van der Waals surface area contributed by atoms with Crippen LogP contribution in [0.3, 0.4) is 0 Å². The largest absolute Gasteiger partial charge is 0.417 e. The molecule has 0 unspecified atom stereocenters. The van der Waals surface area contributed by atoms with Gasteiger partial charge in [-0.25, -0.2) is 0 Å². The molecular weight excluding hydrogens is 292 g/mol. The third-order valence-corrected chi connectivity index (χ3v) is 2.48. The summed E-state index contributed by atoms with van der Waals surface area (Å²) in [7, 11) is 0. The number of hydrogen-bond acceptors (Lipinski definition) is 2. The molecule has 0 bridgehead atoms. The molecule has 0 aliphatic heterocycles. The molecule has 0 saturated carbocycles. The van der Waals surface area contributed by atoms with E-state index in [-0.39, 0.29) is 10.7 Å². The Kier molecular flexibility index (Phi) is 4.43. The smallest absolute Gasteiger partial charge is 0.324 e. The summed E-state index contributed by atoms with van der Waals surface area (Å²) in [4.78, 5) is 11.1. The molecule has 8 heteroatoms. The first-order valence-electron chi connectivity index (χ1n) is 4.48. The molecule has 1 rings (SSSR count). The molecule has 1 amide bonds. The van der Waals surface area contributed by atoms with E-state index in [9.17, 15) is 18.0 Å². The summed E-state index contributed by atoms with van der Waals surface area (Å²) < 4.78 is 37.8. The van der Waals surface area contributed by atoms with Crippen LogP contribution in [0.1, 0.15) is 12.0 Å². The molecule has 0 saturated heterocycles. The molecule has 1 aromatic rings. The van der Waals surface area contributed by atoms with Gasteiger partial charge in [-0.1, -0.05) is 23.2 Å². The number of carbonyl (C=O) groups excluding carboxylic acids is 1. The van der Waals surface area contributed by atoms with Crippen molar-refractivity contribution in [1.82, 2.24) is 0 Å². The molecule has 0 spiro atoms. The van der Waals surface area contributed by atoms with Gasteiger partial charge in [0.15, 0.2) is 0 Å². The van der Waals surface area contributed by atoms with Crippen LogP contribution >= 0.6 is 23.2 Å². The third kappa shape index (κ3) is 3.52. The molecule has 0 heterocycles. The zero-order valence-electron chi connectivity index (χ0n) is 8.61. The average Bonchev–Trinajstić information content (AvgIpc) is 2.21. The molecule has 96 valence electrons. The molecule has 0 aliphatic rings. The van der Waals surface area contributed by atoms with Crippen LogP contribution in [-0.2, 0) is 11.0 Å². The number of nitriles is 1. The number of nitrogens with one attached hydrogen (secondary N) is 1. The molecule has 0 aliphatic carbocycles. The minimum Gasteiger partial charge on any atom is -0.324 e. The number of halogens is 5. The Hall–Kier alpha value is -1.45. The van der Waals surface area contributed by atoms with Crippen molar-refractivity contribution in [3.05, 3.63) is 27.7 Å². The summed E-state index contributed by atoms with van der Waals surface area (Å²) in [5, 5.41) is 9.47. The minimum absolute atomic E-state index is 0.223. The second-order valence-electron chi connectivity index (χ2n) is 3.20. The average molecular weight is 297 g/mol. The van der Waals surface area contributed by atoms with Crippen molar-refractivity contribution in [3.63, 3.8) is 0 Å². The summed E-state index contributed by atoms with van der Waals surface area (Å²) in [6.45, 7) is 0. The highest BCUT2D eigenvalue weighted by Gasteiger charge is 2.34. The van der Waals surface area contributed by atoms with Gasteiger partial charge >= 0.3 is 6.18 Å². The van der Waals surface area contributed by atoms with E-state index in [1.54, 1.807) is 6.07 Å². The second-order valence-corrected chi connectivity index (χ2v) is 4.01. The van der Waals surface area contributed by atoms with Gasteiger partial charge in [-0.3, -0.25) is 4.79 Å². The number of rotatable bonds is 2. The van der Waals surface area contributed by atoms with Crippen LogP contribution < -0.4 is 5.32 Å². The lowest BCUT2D eigenvalue weighted by Crippen LogP contribution is -2.13. The number of nitrogens with zero attached hydrogens (tertiary/aromatic N) is 1. The van der Waals surface area contributed by atoms with Gasteiger partial charge < -0.3 is 5.32 Å². The van der Waals surface area contributed by atoms with Crippen molar-refractivity contribution in [2.24, 2.45) is 0 Å². The van der Waals surface area contributed by atoms with E-state index in [1.165, 1.54) is 0 Å². The maximum atomic E-state index is 12.6. The van der Waals surface area contributed by atoms with Gasteiger partial charge in [0, 0.05) is 5.02 Å². The summed E-state index contributed by atoms with van der Waals surface area (Å²) in [5.74, 6) is -0.769. The van der Waals surface area contributed by atoms with Crippen LogP contribution in [0.15, 0.2) is 12.1 Å². The highest BCUT2D eigenvalue weighted by Crippen LogP contribution is 2.40.